The number of hydrogen-bond donors (Lipinski definition) is 0. The van der Waals surface area contributed by atoms with E-state index in [9.17, 15) is 14.0 Å². The minimum Gasteiger partial charge on any atom is -0.493 e. The van der Waals surface area contributed by atoms with E-state index in [-0.39, 0.29) is 17.3 Å². The number of hydrogen-bond acceptors (Lipinski definition) is 6. The smallest absolute Gasteiger partial charge is 0.363 e. The van der Waals surface area contributed by atoms with E-state index in [0.29, 0.717) is 21.3 Å². The molecule has 27 heavy (non-hydrogen) atoms. The Morgan fingerprint density at radius 1 is 1.30 bits per heavy atom. The van der Waals surface area contributed by atoms with Crippen LogP contribution in [0.4, 0.5) is 4.39 Å². The molecule has 0 aliphatic carbocycles. The van der Waals surface area contributed by atoms with Gasteiger partial charge in [-0.05, 0) is 57.9 Å². The Labute approximate surface area is 162 Å². The van der Waals surface area contributed by atoms with Crippen molar-refractivity contribution < 1.29 is 28.2 Å². The van der Waals surface area contributed by atoms with Crippen molar-refractivity contribution in [3.05, 3.63) is 63.5 Å². The number of rotatable bonds is 4. The van der Waals surface area contributed by atoms with Crippen molar-refractivity contribution in [3.63, 3.8) is 0 Å². The summed E-state index contributed by atoms with van der Waals surface area (Å²) < 4.78 is 29.3. The summed E-state index contributed by atoms with van der Waals surface area (Å²) in [6, 6.07) is 8.81. The number of halogens is 2. The van der Waals surface area contributed by atoms with Crippen LogP contribution in [0.3, 0.4) is 0 Å². The van der Waals surface area contributed by atoms with Crippen LogP contribution >= 0.6 is 15.9 Å². The lowest BCUT2D eigenvalue weighted by atomic mass is 10.1. The summed E-state index contributed by atoms with van der Waals surface area (Å²) in [7, 11) is 1.43. The fraction of sp³-hybridized carbons (Fsp3) is 0.105. The number of carbonyl (C=O) groups excluding carboxylic acids is 2. The highest BCUT2D eigenvalue weighted by Crippen LogP contribution is 2.37. The van der Waals surface area contributed by atoms with E-state index < -0.39 is 17.8 Å². The topological polar surface area (TPSA) is 74.2 Å². The van der Waals surface area contributed by atoms with Gasteiger partial charge in [0.2, 0.25) is 5.90 Å². The molecular formula is C19H13BrFNO5. The second-order valence-electron chi connectivity index (χ2n) is 5.47. The van der Waals surface area contributed by atoms with E-state index in [1.807, 2.05) is 0 Å². The monoisotopic (exact) mass is 433 g/mol. The molecule has 0 saturated heterocycles. The molecule has 2 aromatic carbocycles. The van der Waals surface area contributed by atoms with Crippen LogP contribution in [0.25, 0.3) is 6.08 Å². The zero-order valence-corrected chi connectivity index (χ0v) is 15.9. The molecule has 0 N–H and O–H groups in total. The molecule has 6 nitrogen and oxygen atoms in total. The van der Waals surface area contributed by atoms with Crippen LogP contribution in [0.5, 0.6) is 11.5 Å². The number of esters is 2. The molecule has 0 unspecified atom stereocenters. The average Bonchev–Trinajstić information content (AvgIpc) is 2.97. The van der Waals surface area contributed by atoms with E-state index in [4.69, 9.17) is 14.2 Å². The van der Waals surface area contributed by atoms with Gasteiger partial charge >= 0.3 is 11.9 Å². The molecule has 0 radical (unpaired) electrons. The summed E-state index contributed by atoms with van der Waals surface area (Å²) in [4.78, 5) is 27.4. The summed E-state index contributed by atoms with van der Waals surface area (Å²) in [5.74, 6) is -1.07. The van der Waals surface area contributed by atoms with E-state index >= 15 is 0 Å². The maximum absolute atomic E-state index is 13.4. The van der Waals surface area contributed by atoms with Gasteiger partial charge in [-0.1, -0.05) is 6.07 Å². The Morgan fingerprint density at radius 3 is 2.74 bits per heavy atom. The number of nitrogens with zero attached hydrogens (tertiary/aromatic N) is 1. The molecule has 0 atom stereocenters. The highest BCUT2D eigenvalue weighted by Gasteiger charge is 2.25. The highest BCUT2D eigenvalue weighted by molar-refractivity contribution is 9.10. The first-order chi connectivity index (χ1) is 12.9. The normalized spacial score (nSPS) is 14.7. The van der Waals surface area contributed by atoms with Gasteiger partial charge in [-0.2, -0.15) is 0 Å². The van der Waals surface area contributed by atoms with Crippen molar-refractivity contribution in [2.24, 2.45) is 4.99 Å². The van der Waals surface area contributed by atoms with Crippen molar-refractivity contribution in [3.8, 4) is 11.5 Å². The molecule has 1 aliphatic heterocycles. The number of cyclic esters (lactones) is 1. The molecule has 0 aromatic heterocycles. The second-order valence-corrected chi connectivity index (χ2v) is 6.33. The van der Waals surface area contributed by atoms with Gasteiger partial charge in [0.1, 0.15) is 5.82 Å². The largest absolute Gasteiger partial charge is 0.493 e. The van der Waals surface area contributed by atoms with Gasteiger partial charge in [0.25, 0.3) is 0 Å². The Hall–Kier alpha value is -3.00. The third kappa shape index (κ3) is 4.22. The van der Waals surface area contributed by atoms with Crippen LogP contribution in [0, 0.1) is 5.82 Å². The first-order valence-electron chi connectivity index (χ1n) is 7.72. The first-order valence-corrected chi connectivity index (χ1v) is 8.51. The predicted octanol–water partition coefficient (Wildman–Crippen LogP) is 3.87. The minimum absolute atomic E-state index is 0.0216. The van der Waals surface area contributed by atoms with E-state index in [1.54, 1.807) is 18.2 Å². The SMILES string of the molecule is COc1cc(C=C2N=C(c3cccc(F)c3)OC2=O)cc(Br)c1OC(C)=O. The van der Waals surface area contributed by atoms with Crippen molar-refractivity contribution >= 4 is 39.8 Å². The van der Waals surface area contributed by atoms with Crippen LogP contribution < -0.4 is 9.47 Å². The summed E-state index contributed by atoms with van der Waals surface area (Å²) >= 11 is 3.31. The Morgan fingerprint density at radius 2 is 2.07 bits per heavy atom. The number of carbonyl (C=O) groups is 2. The summed E-state index contributed by atoms with van der Waals surface area (Å²) in [6.07, 6.45) is 1.49. The lowest BCUT2D eigenvalue weighted by molar-refractivity contribution is -0.132. The lowest BCUT2D eigenvalue weighted by Gasteiger charge is -2.11. The molecular weight excluding hydrogens is 421 g/mol. The number of methoxy groups -OCH3 is 1. The summed E-state index contributed by atoms with van der Waals surface area (Å²) in [6.45, 7) is 1.28. The Balaban J connectivity index is 1.97. The molecule has 0 bridgehead atoms. The van der Waals surface area contributed by atoms with Crippen LogP contribution in [-0.4, -0.2) is 24.9 Å². The fourth-order valence-corrected chi connectivity index (χ4v) is 2.92. The van der Waals surface area contributed by atoms with Gasteiger partial charge in [-0.3, -0.25) is 4.79 Å². The van der Waals surface area contributed by atoms with Gasteiger partial charge in [0, 0.05) is 12.5 Å². The van der Waals surface area contributed by atoms with Gasteiger partial charge in [0.15, 0.2) is 17.2 Å². The van der Waals surface area contributed by atoms with E-state index in [1.165, 1.54) is 38.3 Å². The van der Waals surface area contributed by atoms with Crippen molar-refractivity contribution in [2.45, 2.75) is 6.92 Å². The molecule has 8 heteroatoms. The second kappa shape index (κ2) is 7.71. The van der Waals surface area contributed by atoms with Crippen molar-refractivity contribution in [1.82, 2.24) is 0 Å². The van der Waals surface area contributed by atoms with E-state index in [2.05, 4.69) is 20.9 Å². The molecule has 138 valence electrons. The lowest BCUT2D eigenvalue weighted by Crippen LogP contribution is -2.05. The molecule has 1 heterocycles. The quantitative estimate of drug-likeness (QED) is 0.415. The number of aliphatic imine (C=N–C) groups is 1. The summed E-state index contributed by atoms with van der Waals surface area (Å²) in [5, 5.41) is 0. The van der Waals surface area contributed by atoms with Crippen LogP contribution in [-0.2, 0) is 14.3 Å². The summed E-state index contributed by atoms with van der Waals surface area (Å²) in [5.41, 5.74) is 0.963. The van der Waals surface area contributed by atoms with Crippen molar-refractivity contribution in [1.29, 1.82) is 0 Å². The van der Waals surface area contributed by atoms with Crippen LogP contribution in [0.1, 0.15) is 18.1 Å². The molecule has 0 saturated carbocycles. The fourth-order valence-electron chi connectivity index (χ4n) is 2.38. The van der Waals surface area contributed by atoms with Crippen molar-refractivity contribution in [2.75, 3.05) is 7.11 Å². The Kier molecular flexibility index (Phi) is 5.36. The molecule has 2 aromatic rings. The molecule has 1 aliphatic rings. The maximum atomic E-state index is 13.4. The van der Waals surface area contributed by atoms with Crippen LogP contribution in [0.2, 0.25) is 0 Å². The molecule has 3 rings (SSSR count). The molecule has 0 amide bonds. The zero-order chi connectivity index (χ0) is 19.6. The van der Waals surface area contributed by atoms with Crippen LogP contribution in [0.15, 0.2) is 51.6 Å². The zero-order valence-electron chi connectivity index (χ0n) is 14.3. The maximum Gasteiger partial charge on any atom is 0.363 e. The Bertz CT molecular complexity index is 1000. The standard InChI is InChI=1S/C19H13BrFNO5/c1-10(23)26-17-14(20)6-11(8-16(17)25-2)7-15-19(24)27-18(22-15)12-4-3-5-13(21)9-12/h3-9H,1-2H3. The highest BCUT2D eigenvalue weighted by atomic mass is 79.9. The van der Waals surface area contributed by atoms with Gasteiger partial charge < -0.3 is 14.2 Å². The predicted molar refractivity (Wildman–Crippen MR) is 99.0 cm³/mol. The third-order valence-electron chi connectivity index (χ3n) is 3.49. The van der Waals surface area contributed by atoms with Gasteiger partial charge in [-0.15, -0.1) is 0 Å². The molecule has 0 fully saturated rings. The number of benzene rings is 2. The minimum atomic E-state index is -0.659. The first kappa shape index (κ1) is 18.8. The van der Waals surface area contributed by atoms with E-state index in [0.717, 1.165) is 0 Å². The average molecular weight is 434 g/mol. The third-order valence-corrected chi connectivity index (χ3v) is 4.08. The van der Waals surface area contributed by atoms with Gasteiger partial charge in [-0.25, -0.2) is 14.2 Å². The number of ether oxygens (including phenoxy) is 3. The molecule has 0 spiro atoms. The van der Waals surface area contributed by atoms with Gasteiger partial charge in [0.05, 0.1) is 11.6 Å².